The lowest BCUT2D eigenvalue weighted by Crippen LogP contribution is -2.20. The quantitative estimate of drug-likeness (QED) is 0.826. The average Bonchev–Trinajstić information content (AvgIpc) is 3.07. The van der Waals surface area contributed by atoms with Crippen LogP contribution in [0, 0.1) is 5.92 Å². The highest BCUT2D eigenvalue weighted by Crippen LogP contribution is 2.49. The van der Waals surface area contributed by atoms with Crippen LogP contribution in [-0.4, -0.2) is 23.9 Å². The van der Waals surface area contributed by atoms with E-state index >= 15 is 0 Å². The molecule has 1 aromatic carbocycles. The summed E-state index contributed by atoms with van der Waals surface area (Å²) in [5.74, 6) is 0.924. The standard InChI is InChI=1S/C14H20O2/c1-10(2)16-9-14(15)13-8-12(13)11-6-4-3-5-7-11/h3-7,10,12-15H,8-9H2,1-2H3. The van der Waals surface area contributed by atoms with Gasteiger partial charge < -0.3 is 9.84 Å². The Morgan fingerprint density at radius 2 is 2.00 bits per heavy atom. The fourth-order valence-electron chi connectivity index (χ4n) is 2.14. The number of rotatable bonds is 5. The van der Waals surface area contributed by atoms with E-state index in [-0.39, 0.29) is 12.2 Å². The summed E-state index contributed by atoms with van der Waals surface area (Å²) < 4.78 is 5.44. The molecule has 0 amide bonds. The molecular formula is C14H20O2. The third kappa shape index (κ3) is 2.83. The summed E-state index contributed by atoms with van der Waals surface area (Å²) in [5, 5.41) is 9.94. The maximum absolute atomic E-state index is 9.94. The highest BCUT2D eigenvalue weighted by atomic mass is 16.5. The number of hydrogen-bond donors (Lipinski definition) is 1. The highest BCUT2D eigenvalue weighted by molar-refractivity contribution is 5.26. The van der Waals surface area contributed by atoms with Gasteiger partial charge in [0.15, 0.2) is 0 Å². The molecule has 16 heavy (non-hydrogen) atoms. The van der Waals surface area contributed by atoms with Gasteiger partial charge in [-0.2, -0.15) is 0 Å². The average molecular weight is 220 g/mol. The predicted molar refractivity (Wildman–Crippen MR) is 64.4 cm³/mol. The van der Waals surface area contributed by atoms with Crippen molar-refractivity contribution >= 4 is 0 Å². The van der Waals surface area contributed by atoms with Gasteiger partial charge in [0.05, 0.1) is 18.8 Å². The van der Waals surface area contributed by atoms with Crippen LogP contribution < -0.4 is 0 Å². The summed E-state index contributed by atoms with van der Waals surface area (Å²) in [7, 11) is 0. The molecule has 0 aromatic heterocycles. The first-order valence-electron chi connectivity index (χ1n) is 6.03. The Labute approximate surface area is 97.3 Å². The molecule has 2 rings (SSSR count). The molecule has 1 aliphatic carbocycles. The number of ether oxygens (including phenoxy) is 1. The van der Waals surface area contributed by atoms with Crippen molar-refractivity contribution in [3.8, 4) is 0 Å². The lowest BCUT2D eigenvalue weighted by Gasteiger charge is -2.13. The lowest BCUT2D eigenvalue weighted by molar-refractivity contribution is -0.00380. The van der Waals surface area contributed by atoms with Gasteiger partial charge in [-0.05, 0) is 37.7 Å². The van der Waals surface area contributed by atoms with Crippen LogP contribution in [0.15, 0.2) is 30.3 Å². The minimum atomic E-state index is -0.312. The van der Waals surface area contributed by atoms with Crippen molar-refractivity contribution < 1.29 is 9.84 Å². The molecular weight excluding hydrogens is 200 g/mol. The summed E-state index contributed by atoms with van der Waals surface area (Å²) in [4.78, 5) is 0. The van der Waals surface area contributed by atoms with Crippen molar-refractivity contribution in [1.82, 2.24) is 0 Å². The van der Waals surface area contributed by atoms with Crippen molar-refractivity contribution in [3.63, 3.8) is 0 Å². The topological polar surface area (TPSA) is 29.5 Å². The van der Waals surface area contributed by atoms with Crippen LogP contribution in [0.4, 0.5) is 0 Å². The van der Waals surface area contributed by atoms with Gasteiger partial charge >= 0.3 is 0 Å². The highest BCUT2D eigenvalue weighted by Gasteiger charge is 2.43. The molecule has 0 saturated heterocycles. The summed E-state index contributed by atoms with van der Waals surface area (Å²) >= 11 is 0. The lowest BCUT2D eigenvalue weighted by atomic mass is 10.1. The Morgan fingerprint density at radius 1 is 1.31 bits per heavy atom. The van der Waals surface area contributed by atoms with Crippen LogP contribution in [0.1, 0.15) is 31.7 Å². The van der Waals surface area contributed by atoms with Crippen molar-refractivity contribution in [1.29, 1.82) is 0 Å². The third-order valence-electron chi connectivity index (χ3n) is 3.16. The Balaban J connectivity index is 1.82. The Morgan fingerprint density at radius 3 is 2.62 bits per heavy atom. The van der Waals surface area contributed by atoms with E-state index in [1.165, 1.54) is 5.56 Å². The molecule has 1 fully saturated rings. The van der Waals surface area contributed by atoms with Gasteiger partial charge in [0.25, 0.3) is 0 Å². The zero-order valence-electron chi connectivity index (χ0n) is 9.97. The van der Waals surface area contributed by atoms with Crippen molar-refractivity contribution in [3.05, 3.63) is 35.9 Å². The first-order chi connectivity index (χ1) is 7.68. The summed E-state index contributed by atoms with van der Waals surface area (Å²) in [5.41, 5.74) is 1.34. The minimum Gasteiger partial charge on any atom is -0.390 e. The second-order valence-corrected chi connectivity index (χ2v) is 4.87. The van der Waals surface area contributed by atoms with Gasteiger partial charge in [-0.15, -0.1) is 0 Å². The van der Waals surface area contributed by atoms with E-state index in [0.29, 0.717) is 18.4 Å². The van der Waals surface area contributed by atoms with E-state index in [0.717, 1.165) is 6.42 Å². The van der Waals surface area contributed by atoms with Crippen molar-refractivity contribution in [2.45, 2.75) is 38.4 Å². The second-order valence-electron chi connectivity index (χ2n) is 4.87. The fourth-order valence-corrected chi connectivity index (χ4v) is 2.14. The first kappa shape index (κ1) is 11.6. The van der Waals surface area contributed by atoms with Crippen LogP contribution in [0.3, 0.4) is 0 Å². The van der Waals surface area contributed by atoms with Gasteiger partial charge in [0.2, 0.25) is 0 Å². The van der Waals surface area contributed by atoms with Crippen LogP contribution in [0.5, 0.6) is 0 Å². The van der Waals surface area contributed by atoms with Crippen LogP contribution in [-0.2, 0) is 4.74 Å². The Kier molecular flexibility index (Phi) is 3.62. The van der Waals surface area contributed by atoms with Gasteiger partial charge in [-0.3, -0.25) is 0 Å². The zero-order chi connectivity index (χ0) is 11.5. The summed E-state index contributed by atoms with van der Waals surface area (Å²) in [6.45, 7) is 4.45. The minimum absolute atomic E-state index is 0.198. The van der Waals surface area contributed by atoms with Gasteiger partial charge in [0, 0.05) is 0 Å². The predicted octanol–water partition coefficient (Wildman–Crippen LogP) is 2.58. The molecule has 0 aliphatic heterocycles. The molecule has 1 aromatic rings. The third-order valence-corrected chi connectivity index (χ3v) is 3.16. The molecule has 0 radical (unpaired) electrons. The van der Waals surface area contributed by atoms with E-state index in [9.17, 15) is 5.11 Å². The maximum Gasteiger partial charge on any atom is 0.0807 e. The molecule has 2 nitrogen and oxygen atoms in total. The summed E-state index contributed by atoms with van der Waals surface area (Å²) in [6, 6.07) is 10.4. The molecule has 3 unspecified atom stereocenters. The number of aliphatic hydroxyl groups excluding tert-OH is 1. The van der Waals surface area contributed by atoms with E-state index < -0.39 is 0 Å². The molecule has 1 saturated carbocycles. The van der Waals surface area contributed by atoms with Gasteiger partial charge in [0.1, 0.15) is 0 Å². The molecule has 3 atom stereocenters. The smallest absolute Gasteiger partial charge is 0.0807 e. The van der Waals surface area contributed by atoms with Crippen LogP contribution >= 0.6 is 0 Å². The van der Waals surface area contributed by atoms with Crippen molar-refractivity contribution in [2.75, 3.05) is 6.61 Å². The summed E-state index contributed by atoms with van der Waals surface area (Å²) in [6.07, 6.45) is 0.975. The normalized spacial score (nSPS) is 25.8. The van der Waals surface area contributed by atoms with Gasteiger partial charge in [-0.25, -0.2) is 0 Å². The molecule has 0 bridgehead atoms. The van der Waals surface area contributed by atoms with E-state index in [2.05, 4.69) is 24.3 Å². The number of hydrogen-bond acceptors (Lipinski definition) is 2. The Bertz CT molecular complexity index is 321. The molecule has 0 spiro atoms. The maximum atomic E-state index is 9.94. The number of aliphatic hydroxyl groups is 1. The molecule has 2 heteroatoms. The molecule has 1 aliphatic rings. The molecule has 88 valence electrons. The molecule has 1 N–H and O–H groups in total. The number of benzene rings is 1. The van der Waals surface area contributed by atoms with Crippen LogP contribution in [0.25, 0.3) is 0 Å². The van der Waals surface area contributed by atoms with E-state index in [1.54, 1.807) is 0 Å². The van der Waals surface area contributed by atoms with Crippen LogP contribution in [0.2, 0.25) is 0 Å². The first-order valence-corrected chi connectivity index (χ1v) is 6.03. The van der Waals surface area contributed by atoms with E-state index in [4.69, 9.17) is 4.74 Å². The van der Waals surface area contributed by atoms with E-state index in [1.807, 2.05) is 19.9 Å². The monoisotopic (exact) mass is 220 g/mol. The Hall–Kier alpha value is -0.860. The van der Waals surface area contributed by atoms with Crippen molar-refractivity contribution in [2.24, 2.45) is 5.92 Å². The molecule has 0 heterocycles. The largest absolute Gasteiger partial charge is 0.390 e. The fraction of sp³-hybridized carbons (Fsp3) is 0.571. The van der Waals surface area contributed by atoms with Gasteiger partial charge in [-0.1, -0.05) is 30.3 Å². The second kappa shape index (κ2) is 4.98. The zero-order valence-corrected chi connectivity index (χ0v) is 9.97. The SMILES string of the molecule is CC(C)OCC(O)C1CC1c1ccccc1.